The summed E-state index contributed by atoms with van der Waals surface area (Å²) in [4.78, 5) is 11.5. The van der Waals surface area contributed by atoms with E-state index in [2.05, 4.69) is 0 Å². The molecule has 0 heterocycles. The Kier molecular flexibility index (Phi) is 3.48. The maximum atomic E-state index is 11.5. The van der Waals surface area contributed by atoms with E-state index in [9.17, 15) is 14.1 Å². The molecule has 0 aliphatic heterocycles. The summed E-state index contributed by atoms with van der Waals surface area (Å²) in [6, 6.07) is 0. The van der Waals surface area contributed by atoms with Gasteiger partial charge in [-0.3, -0.25) is 4.79 Å². The first kappa shape index (κ1) is 12.5. The molecule has 0 saturated heterocycles. The zero-order chi connectivity index (χ0) is 11.8. The Morgan fingerprint density at radius 3 is 2.53 bits per heavy atom. The molecule has 86 valence electrons. The molecular weight excluding hydrogens is 216 g/mol. The van der Waals surface area contributed by atoms with E-state index in [0.717, 1.165) is 0 Å². The van der Waals surface area contributed by atoms with Gasteiger partial charge < -0.3 is 9.66 Å². The molecule has 0 bridgehead atoms. The highest BCUT2D eigenvalue weighted by Gasteiger charge is 2.38. The van der Waals surface area contributed by atoms with E-state index in [0.29, 0.717) is 17.6 Å². The summed E-state index contributed by atoms with van der Waals surface area (Å²) in [5.41, 5.74) is 0.718. The summed E-state index contributed by atoms with van der Waals surface area (Å²) < 4.78 is 19.7. The van der Waals surface area contributed by atoms with E-state index in [1.54, 1.807) is 6.92 Å². The third-order valence-corrected chi connectivity index (χ3v) is 3.45. The van der Waals surface area contributed by atoms with Gasteiger partial charge >= 0.3 is 0 Å². The van der Waals surface area contributed by atoms with Crippen molar-refractivity contribution in [2.45, 2.75) is 33.3 Å². The Morgan fingerprint density at radius 2 is 2.07 bits per heavy atom. The van der Waals surface area contributed by atoms with Gasteiger partial charge in [-0.25, -0.2) is 4.21 Å². The van der Waals surface area contributed by atoms with Crippen molar-refractivity contribution in [2.75, 3.05) is 5.75 Å². The number of hydrogen-bond donors (Lipinski definition) is 2. The minimum Gasteiger partial charge on any atom is -0.385 e. The number of Topliss-reactive ketones (excluding diaryl/α,β-unsaturated/α-hetero) is 1. The van der Waals surface area contributed by atoms with Gasteiger partial charge in [-0.05, 0) is 29.9 Å². The molecule has 0 saturated carbocycles. The third kappa shape index (κ3) is 2.53. The predicted molar refractivity (Wildman–Crippen MR) is 57.8 cm³/mol. The zero-order valence-corrected chi connectivity index (χ0v) is 9.93. The molecule has 2 N–H and O–H groups in total. The first-order valence-electron chi connectivity index (χ1n) is 4.75. The van der Waals surface area contributed by atoms with E-state index >= 15 is 0 Å². The van der Waals surface area contributed by atoms with Crippen molar-refractivity contribution < 1.29 is 18.7 Å². The lowest BCUT2D eigenvalue weighted by Gasteiger charge is -2.35. The van der Waals surface area contributed by atoms with Crippen LogP contribution in [-0.4, -0.2) is 31.5 Å². The minimum atomic E-state index is -1.95. The first-order valence-corrected chi connectivity index (χ1v) is 6.03. The van der Waals surface area contributed by atoms with E-state index < -0.39 is 22.6 Å². The second-order valence-electron chi connectivity index (χ2n) is 4.54. The van der Waals surface area contributed by atoms with Gasteiger partial charge in [0.1, 0.15) is 6.10 Å². The quantitative estimate of drug-likeness (QED) is 0.693. The molecule has 0 spiro atoms. The van der Waals surface area contributed by atoms with E-state index in [4.69, 9.17) is 4.55 Å². The fourth-order valence-electron chi connectivity index (χ4n) is 2.03. The molecule has 4 nitrogen and oxygen atoms in total. The Balaban J connectivity index is 3.15. The normalized spacial score (nSPS) is 28.1. The number of ketones is 1. The molecule has 1 aliphatic rings. The van der Waals surface area contributed by atoms with Crippen LogP contribution in [0.15, 0.2) is 11.1 Å². The summed E-state index contributed by atoms with van der Waals surface area (Å²) in [6.07, 6.45) is -0.661. The van der Waals surface area contributed by atoms with Crippen LogP contribution in [0.5, 0.6) is 0 Å². The summed E-state index contributed by atoms with van der Waals surface area (Å²) in [5.74, 6) is -0.341. The molecule has 15 heavy (non-hydrogen) atoms. The lowest BCUT2D eigenvalue weighted by Crippen LogP contribution is -2.37. The zero-order valence-electron chi connectivity index (χ0n) is 9.11. The minimum absolute atomic E-state index is 0.0166. The van der Waals surface area contributed by atoms with Gasteiger partial charge in [0.2, 0.25) is 0 Å². The Bertz CT molecular complexity index is 343. The van der Waals surface area contributed by atoms with E-state index in [1.165, 1.54) is 0 Å². The van der Waals surface area contributed by atoms with Crippen LogP contribution in [0.25, 0.3) is 0 Å². The second kappa shape index (κ2) is 4.15. The highest BCUT2D eigenvalue weighted by molar-refractivity contribution is 7.79. The summed E-state index contributed by atoms with van der Waals surface area (Å²) in [6.45, 7) is 5.34. The highest BCUT2D eigenvalue weighted by atomic mass is 32.2. The molecule has 5 heteroatoms. The summed E-state index contributed by atoms with van der Waals surface area (Å²) in [7, 11) is 0. The van der Waals surface area contributed by atoms with Crippen LogP contribution in [0.4, 0.5) is 0 Å². The van der Waals surface area contributed by atoms with Crippen molar-refractivity contribution in [1.82, 2.24) is 0 Å². The number of hydrogen-bond acceptors (Lipinski definition) is 3. The number of carbonyl (C=O) groups is 1. The van der Waals surface area contributed by atoms with Gasteiger partial charge in [0, 0.05) is 0 Å². The van der Waals surface area contributed by atoms with Crippen LogP contribution in [-0.2, 0) is 15.9 Å². The predicted octanol–water partition coefficient (Wildman–Crippen LogP) is 0.885. The monoisotopic (exact) mass is 232 g/mol. The van der Waals surface area contributed by atoms with Gasteiger partial charge in [-0.2, -0.15) is 0 Å². The Morgan fingerprint density at radius 1 is 1.53 bits per heavy atom. The molecule has 0 aromatic rings. The average Bonchev–Trinajstić information content (AvgIpc) is 2.08. The fourth-order valence-corrected chi connectivity index (χ4v) is 2.89. The number of aliphatic hydroxyl groups excluding tert-OH is 1. The van der Waals surface area contributed by atoms with Crippen LogP contribution < -0.4 is 0 Å². The maximum Gasteiger partial charge on any atom is 0.187 e. The van der Waals surface area contributed by atoms with Crippen LogP contribution in [0, 0.1) is 5.41 Å². The van der Waals surface area contributed by atoms with Crippen LogP contribution >= 0.6 is 0 Å². The Hall–Kier alpha value is -0.520. The fraction of sp³-hybridized carbons (Fsp3) is 0.700. The largest absolute Gasteiger partial charge is 0.385 e. The number of carbonyl (C=O) groups excluding carboxylic acids is 1. The van der Waals surface area contributed by atoms with Gasteiger partial charge in [-0.1, -0.05) is 13.8 Å². The molecule has 1 rings (SSSR count). The standard InChI is InChI=1S/C10H16O4S/c1-6-7(5-15(13)14)10(2,3)4-8(11)9(6)12/h8,11H,4-5H2,1-3H3,(H,13,14). The topological polar surface area (TPSA) is 74.6 Å². The van der Waals surface area contributed by atoms with Crippen LogP contribution in [0.3, 0.4) is 0 Å². The lowest BCUT2D eigenvalue weighted by atomic mass is 9.72. The molecule has 1 aliphatic carbocycles. The number of aliphatic hydroxyl groups is 1. The van der Waals surface area contributed by atoms with E-state index in [-0.39, 0.29) is 11.5 Å². The molecule has 2 atom stereocenters. The van der Waals surface area contributed by atoms with Gasteiger partial charge in [0.25, 0.3) is 0 Å². The maximum absolute atomic E-state index is 11.5. The van der Waals surface area contributed by atoms with Gasteiger partial charge in [-0.15, -0.1) is 0 Å². The average molecular weight is 232 g/mol. The molecule has 2 unspecified atom stereocenters. The molecule has 0 radical (unpaired) electrons. The Labute approximate surface area is 91.7 Å². The molecule has 0 aromatic carbocycles. The van der Waals surface area contributed by atoms with Crippen molar-refractivity contribution in [1.29, 1.82) is 0 Å². The molecule has 0 aromatic heterocycles. The SMILES string of the molecule is CC1=C(CS(=O)O)C(C)(C)CC(O)C1=O. The van der Waals surface area contributed by atoms with Crippen molar-refractivity contribution >= 4 is 16.9 Å². The lowest BCUT2D eigenvalue weighted by molar-refractivity contribution is -0.125. The highest BCUT2D eigenvalue weighted by Crippen LogP contribution is 2.38. The van der Waals surface area contributed by atoms with Crippen molar-refractivity contribution in [3.8, 4) is 0 Å². The molecule has 0 amide bonds. The van der Waals surface area contributed by atoms with Crippen molar-refractivity contribution in [2.24, 2.45) is 5.41 Å². The molecular formula is C10H16O4S. The van der Waals surface area contributed by atoms with Crippen LogP contribution in [0.2, 0.25) is 0 Å². The summed E-state index contributed by atoms with van der Waals surface area (Å²) >= 11 is -1.95. The summed E-state index contributed by atoms with van der Waals surface area (Å²) in [5, 5.41) is 9.51. The third-order valence-electron chi connectivity index (χ3n) is 2.91. The van der Waals surface area contributed by atoms with Crippen LogP contribution in [0.1, 0.15) is 27.2 Å². The first-order chi connectivity index (χ1) is 6.75. The smallest absolute Gasteiger partial charge is 0.187 e. The van der Waals surface area contributed by atoms with Gasteiger partial charge in [0.15, 0.2) is 16.9 Å². The van der Waals surface area contributed by atoms with E-state index in [1.807, 2.05) is 13.8 Å². The second-order valence-corrected chi connectivity index (χ2v) is 5.47. The molecule has 0 fully saturated rings. The number of rotatable bonds is 2. The van der Waals surface area contributed by atoms with Gasteiger partial charge in [0.05, 0.1) is 5.75 Å². The van der Waals surface area contributed by atoms with Crippen molar-refractivity contribution in [3.05, 3.63) is 11.1 Å². The van der Waals surface area contributed by atoms with Crippen molar-refractivity contribution in [3.63, 3.8) is 0 Å².